The highest BCUT2D eigenvalue weighted by Crippen LogP contribution is 2.30. The number of fused-ring (bicyclic) bond motifs is 2. The molecule has 1 aliphatic heterocycles. The molecule has 0 saturated carbocycles. The first-order valence-corrected chi connectivity index (χ1v) is 9.85. The number of hydrogen-bond donors (Lipinski definition) is 2. The zero-order chi connectivity index (χ0) is 19.1. The fraction of sp³-hybridized carbons (Fsp3) is 0.263. The van der Waals surface area contributed by atoms with Gasteiger partial charge in [0.15, 0.2) is 5.82 Å². The number of hydrogen-bond acceptors (Lipinski definition) is 6. The number of anilines is 2. The van der Waals surface area contributed by atoms with E-state index in [2.05, 4.69) is 24.9 Å². The molecule has 7 nitrogen and oxygen atoms in total. The van der Waals surface area contributed by atoms with Gasteiger partial charge in [0.25, 0.3) is 5.91 Å². The molecular weight excluding hydrogens is 379 g/mol. The van der Waals surface area contributed by atoms with Gasteiger partial charge in [-0.25, -0.2) is 4.39 Å². The third-order valence-electron chi connectivity index (χ3n) is 4.97. The Balaban J connectivity index is 1.41. The van der Waals surface area contributed by atoms with Crippen LogP contribution in [0.4, 0.5) is 15.9 Å². The SMILES string of the molecule is O=C(c1nsc2cc(Nc3n[nH]c4cccnc34)ccc12)N1CCC(F)CC1. The van der Waals surface area contributed by atoms with Crippen molar-refractivity contribution in [3.63, 3.8) is 0 Å². The summed E-state index contributed by atoms with van der Waals surface area (Å²) >= 11 is 1.28. The summed E-state index contributed by atoms with van der Waals surface area (Å²) < 4.78 is 18.6. The summed E-state index contributed by atoms with van der Waals surface area (Å²) in [5.41, 5.74) is 2.90. The van der Waals surface area contributed by atoms with E-state index in [0.717, 1.165) is 26.8 Å². The number of likely N-dealkylation sites (tertiary alicyclic amines) is 1. The van der Waals surface area contributed by atoms with Crippen LogP contribution in [0.25, 0.3) is 21.1 Å². The second-order valence-corrected chi connectivity index (χ2v) is 7.61. The van der Waals surface area contributed by atoms with Gasteiger partial charge in [-0.05, 0) is 54.7 Å². The van der Waals surface area contributed by atoms with Crippen molar-refractivity contribution in [2.75, 3.05) is 18.4 Å². The van der Waals surface area contributed by atoms with Gasteiger partial charge in [0.2, 0.25) is 0 Å². The fourth-order valence-electron chi connectivity index (χ4n) is 3.45. The summed E-state index contributed by atoms with van der Waals surface area (Å²) in [5, 5.41) is 11.3. The van der Waals surface area contributed by atoms with Crippen molar-refractivity contribution < 1.29 is 9.18 Å². The van der Waals surface area contributed by atoms with Gasteiger partial charge < -0.3 is 10.2 Å². The molecule has 2 N–H and O–H groups in total. The molecule has 9 heteroatoms. The Kier molecular flexibility index (Phi) is 4.16. The number of piperidine rings is 1. The van der Waals surface area contributed by atoms with Crippen molar-refractivity contribution in [3.8, 4) is 0 Å². The zero-order valence-electron chi connectivity index (χ0n) is 14.9. The summed E-state index contributed by atoms with van der Waals surface area (Å²) in [6, 6.07) is 9.49. The molecule has 1 aliphatic rings. The van der Waals surface area contributed by atoms with E-state index in [1.165, 1.54) is 11.5 Å². The quantitative estimate of drug-likeness (QED) is 0.549. The first-order valence-electron chi connectivity index (χ1n) is 9.08. The highest BCUT2D eigenvalue weighted by molar-refractivity contribution is 7.13. The van der Waals surface area contributed by atoms with Crippen LogP contribution in [0.5, 0.6) is 0 Å². The normalized spacial score (nSPS) is 15.4. The lowest BCUT2D eigenvalue weighted by atomic mass is 10.1. The number of amides is 1. The number of H-pyrrole nitrogens is 1. The number of carbonyl (C=O) groups is 1. The average Bonchev–Trinajstić information content (AvgIpc) is 3.32. The van der Waals surface area contributed by atoms with Crippen LogP contribution < -0.4 is 5.32 Å². The predicted molar refractivity (Wildman–Crippen MR) is 107 cm³/mol. The predicted octanol–water partition coefficient (Wildman–Crippen LogP) is 3.89. The molecule has 0 aliphatic carbocycles. The van der Waals surface area contributed by atoms with Crippen LogP contribution >= 0.6 is 11.5 Å². The van der Waals surface area contributed by atoms with E-state index in [0.29, 0.717) is 37.4 Å². The maximum Gasteiger partial charge on any atom is 0.274 e. The van der Waals surface area contributed by atoms with Crippen LogP contribution in [-0.4, -0.2) is 49.6 Å². The Morgan fingerprint density at radius 3 is 3.00 bits per heavy atom. The highest BCUT2D eigenvalue weighted by atomic mass is 32.1. The minimum Gasteiger partial charge on any atom is -0.337 e. The maximum atomic E-state index is 13.3. The Morgan fingerprint density at radius 2 is 2.14 bits per heavy atom. The molecule has 1 amide bonds. The molecule has 0 spiro atoms. The molecular formula is C19H17FN6OS. The van der Waals surface area contributed by atoms with Crippen LogP contribution in [0.2, 0.25) is 0 Å². The molecule has 5 rings (SSSR count). The Bertz CT molecular complexity index is 1160. The van der Waals surface area contributed by atoms with Gasteiger partial charge >= 0.3 is 0 Å². The first kappa shape index (κ1) is 17.1. The average molecular weight is 396 g/mol. The van der Waals surface area contributed by atoms with Crippen LogP contribution in [0.15, 0.2) is 36.5 Å². The number of nitrogens with one attached hydrogen (secondary N) is 2. The van der Waals surface area contributed by atoms with Gasteiger partial charge in [0, 0.05) is 30.4 Å². The number of alkyl halides is 1. The molecule has 28 heavy (non-hydrogen) atoms. The van der Waals surface area contributed by atoms with E-state index < -0.39 is 6.17 Å². The third kappa shape index (κ3) is 2.97. The molecule has 3 aromatic heterocycles. The van der Waals surface area contributed by atoms with E-state index >= 15 is 0 Å². The highest BCUT2D eigenvalue weighted by Gasteiger charge is 2.26. The van der Waals surface area contributed by atoms with Crippen LogP contribution in [-0.2, 0) is 0 Å². The van der Waals surface area contributed by atoms with E-state index in [-0.39, 0.29) is 5.91 Å². The van der Waals surface area contributed by atoms with E-state index in [4.69, 9.17) is 0 Å². The standard InChI is InChI=1S/C19H17FN6OS/c20-11-5-8-26(9-6-11)19(27)16-13-4-3-12(10-15(13)28-25-16)22-18-17-14(23-24-18)2-1-7-21-17/h1-4,7,10-11H,5-6,8-9H2,(H2,22,23,24). The second kappa shape index (κ2) is 6.83. The molecule has 0 radical (unpaired) electrons. The van der Waals surface area contributed by atoms with Gasteiger partial charge in [0.05, 0.1) is 10.2 Å². The molecule has 1 saturated heterocycles. The molecule has 142 valence electrons. The van der Waals surface area contributed by atoms with Gasteiger partial charge in [-0.2, -0.15) is 9.47 Å². The molecule has 4 aromatic rings. The summed E-state index contributed by atoms with van der Waals surface area (Å²) in [7, 11) is 0. The van der Waals surface area contributed by atoms with Gasteiger partial charge in [-0.1, -0.05) is 0 Å². The zero-order valence-corrected chi connectivity index (χ0v) is 15.7. The minimum absolute atomic E-state index is 0.124. The van der Waals surface area contributed by atoms with Crippen molar-refractivity contribution in [2.45, 2.75) is 19.0 Å². The smallest absolute Gasteiger partial charge is 0.274 e. The summed E-state index contributed by atoms with van der Waals surface area (Å²) in [6.45, 7) is 0.885. The van der Waals surface area contributed by atoms with Crippen molar-refractivity contribution in [3.05, 3.63) is 42.2 Å². The van der Waals surface area contributed by atoms with Crippen LogP contribution in [0.1, 0.15) is 23.3 Å². The van der Waals surface area contributed by atoms with Crippen molar-refractivity contribution in [2.24, 2.45) is 0 Å². The third-order valence-corrected chi connectivity index (χ3v) is 5.78. The summed E-state index contributed by atoms with van der Waals surface area (Å²) in [4.78, 5) is 18.8. The Hall–Kier alpha value is -3.07. The first-order chi connectivity index (χ1) is 13.7. The van der Waals surface area contributed by atoms with Crippen molar-refractivity contribution in [1.29, 1.82) is 0 Å². The van der Waals surface area contributed by atoms with E-state index in [9.17, 15) is 9.18 Å². The number of benzene rings is 1. The molecule has 0 bridgehead atoms. The molecule has 1 fully saturated rings. The molecule has 0 unspecified atom stereocenters. The van der Waals surface area contributed by atoms with Crippen molar-refractivity contribution in [1.82, 2.24) is 24.5 Å². The van der Waals surface area contributed by atoms with Crippen molar-refractivity contribution >= 4 is 50.1 Å². The van der Waals surface area contributed by atoms with E-state index in [1.807, 2.05) is 30.3 Å². The monoisotopic (exact) mass is 396 g/mol. The van der Waals surface area contributed by atoms with E-state index in [1.54, 1.807) is 11.1 Å². The lowest BCUT2D eigenvalue weighted by molar-refractivity contribution is 0.0664. The number of carbonyl (C=O) groups excluding carboxylic acids is 1. The Morgan fingerprint density at radius 1 is 1.29 bits per heavy atom. The van der Waals surface area contributed by atoms with Crippen LogP contribution in [0, 0.1) is 0 Å². The number of aromatic nitrogens is 4. The van der Waals surface area contributed by atoms with Gasteiger partial charge in [-0.15, -0.1) is 0 Å². The van der Waals surface area contributed by atoms with Gasteiger partial charge in [-0.3, -0.25) is 14.9 Å². The van der Waals surface area contributed by atoms with Gasteiger partial charge in [0.1, 0.15) is 17.4 Å². The number of rotatable bonds is 3. The summed E-state index contributed by atoms with van der Waals surface area (Å²) in [6.07, 6.45) is 1.71. The fourth-order valence-corrected chi connectivity index (χ4v) is 4.26. The molecule has 0 atom stereocenters. The summed E-state index contributed by atoms with van der Waals surface area (Å²) in [5.74, 6) is 0.520. The maximum absolute atomic E-state index is 13.3. The molecule has 4 heterocycles. The lowest BCUT2D eigenvalue weighted by Gasteiger charge is -2.28. The lowest BCUT2D eigenvalue weighted by Crippen LogP contribution is -2.39. The largest absolute Gasteiger partial charge is 0.337 e. The number of pyridine rings is 1. The Labute approximate surface area is 163 Å². The number of nitrogens with zero attached hydrogens (tertiary/aromatic N) is 4. The number of halogens is 1. The number of aromatic amines is 1. The van der Waals surface area contributed by atoms with Crippen LogP contribution in [0.3, 0.4) is 0 Å². The second-order valence-electron chi connectivity index (χ2n) is 6.81. The minimum atomic E-state index is -0.808. The molecule has 1 aromatic carbocycles. The topological polar surface area (TPSA) is 86.8 Å².